The van der Waals surface area contributed by atoms with Crippen molar-refractivity contribution in [3.05, 3.63) is 23.8 Å². The van der Waals surface area contributed by atoms with E-state index in [2.05, 4.69) is 5.32 Å². The van der Waals surface area contributed by atoms with Gasteiger partial charge in [0, 0.05) is 12.7 Å². The summed E-state index contributed by atoms with van der Waals surface area (Å²) in [5, 5.41) is 2.52. The van der Waals surface area contributed by atoms with Crippen LogP contribution < -0.4 is 15.8 Å². The molecule has 0 saturated carbocycles. The fourth-order valence-corrected chi connectivity index (χ4v) is 1.19. The second-order valence-electron chi connectivity index (χ2n) is 2.73. The van der Waals surface area contributed by atoms with Crippen molar-refractivity contribution < 1.29 is 9.53 Å². The lowest BCUT2D eigenvalue weighted by Gasteiger charge is -2.10. The van der Waals surface area contributed by atoms with Crippen molar-refractivity contribution in [3.8, 4) is 5.75 Å². The van der Waals surface area contributed by atoms with E-state index in [4.69, 9.17) is 10.5 Å². The number of rotatable bonds is 3. The summed E-state index contributed by atoms with van der Waals surface area (Å²) in [6.07, 6.45) is 0. The summed E-state index contributed by atoms with van der Waals surface area (Å²) in [5.41, 5.74) is 6.51. The van der Waals surface area contributed by atoms with Crippen LogP contribution in [0.15, 0.2) is 18.2 Å². The van der Waals surface area contributed by atoms with Crippen LogP contribution in [0.25, 0.3) is 0 Å². The summed E-state index contributed by atoms with van der Waals surface area (Å²) in [7, 11) is 1.56. The smallest absolute Gasteiger partial charge is 0.256 e. The number of hydrogen-bond donors (Lipinski definition) is 2. The van der Waals surface area contributed by atoms with E-state index in [1.165, 1.54) is 0 Å². The van der Waals surface area contributed by atoms with Gasteiger partial charge >= 0.3 is 0 Å². The van der Waals surface area contributed by atoms with Crippen LogP contribution in [0.5, 0.6) is 5.75 Å². The van der Waals surface area contributed by atoms with Gasteiger partial charge in [0.1, 0.15) is 11.3 Å². The van der Waals surface area contributed by atoms with Crippen molar-refractivity contribution in [3.63, 3.8) is 0 Å². The highest BCUT2D eigenvalue weighted by atomic mass is 16.5. The minimum atomic E-state index is -0.230. The SMILES string of the molecule is CCOc1cccc(N)c1C(=O)NC. The van der Waals surface area contributed by atoms with Gasteiger partial charge in [0.15, 0.2) is 0 Å². The summed E-state index contributed by atoms with van der Waals surface area (Å²) >= 11 is 0. The molecule has 0 unspecified atom stereocenters. The third-order valence-electron chi connectivity index (χ3n) is 1.81. The topological polar surface area (TPSA) is 64.3 Å². The van der Waals surface area contributed by atoms with Crippen LogP contribution in [0.1, 0.15) is 17.3 Å². The highest BCUT2D eigenvalue weighted by molar-refractivity contribution is 6.01. The molecule has 0 heterocycles. The molecule has 76 valence electrons. The lowest BCUT2D eigenvalue weighted by atomic mass is 10.1. The lowest BCUT2D eigenvalue weighted by molar-refractivity contribution is 0.0960. The van der Waals surface area contributed by atoms with E-state index in [0.29, 0.717) is 23.6 Å². The Labute approximate surface area is 83.1 Å². The standard InChI is InChI=1S/C10H14N2O2/c1-3-14-8-6-4-5-7(11)9(8)10(13)12-2/h4-6H,3,11H2,1-2H3,(H,12,13). The number of nitrogens with two attached hydrogens (primary N) is 1. The van der Waals surface area contributed by atoms with Gasteiger partial charge in [-0.3, -0.25) is 4.79 Å². The molecule has 0 aliphatic heterocycles. The molecule has 0 atom stereocenters. The van der Waals surface area contributed by atoms with Gasteiger partial charge in [0.25, 0.3) is 5.91 Å². The van der Waals surface area contributed by atoms with Crippen LogP contribution in [0.3, 0.4) is 0 Å². The molecule has 0 bridgehead atoms. The van der Waals surface area contributed by atoms with Crippen LogP contribution in [0.4, 0.5) is 5.69 Å². The number of benzene rings is 1. The van der Waals surface area contributed by atoms with Gasteiger partial charge in [0.05, 0.1) is 6.61 Å². The fraction of sp³-hybridized carbons (Fsp3) is 0.300. The van der Waals surface area contributed by atoms with E-state index in [9.17, 15) is 4.79 Å². The number of anilines is 1. The average Bonchev–Trinajstić information content (AvgIpc) is 2.18. The van der Waals surface area contributed by atoms with E-state index >= 15 is 0 Å². The maximum atomic E-state index is 11.5. The fourth-order valence-electron chi connectivity index (χ4n) is 1.19. The van der Waals surface area contributed by atoms with Crippen LogP contribution >= 0.6 is 0 Å². The molecular weight excluding hydrogens is 180 g/mol. The van der Waals surface area contributed by atoms with Gasteiger partial charge < -0.3 is 15.8 Å². The summed E-state index contributed by atoms with van der Waals surface area (Å²) in [6.45, 7) is 2.37. The Morgan fingerprint density at radius 1 is 1.57 bits per heavy atom. The number of nitrogens with one attached hydrogen (secondary N) is 1. The maximum absolute atomic E-state index is 11.5. The molecule has 0 saturated heterocycles. The van der Waals surface area contributed by atoms with Gasteiger partial charge in [-0.25, -0.2) is 0 Å². The van der Waals surface area contributed by atoms with Crippen LogP contribution in [0, 0.1) is 0 Å². The molecule has 4 heteroatoms. The first-order chi connectivity index (χ1) is 6.70. The highest BCUT2D eigenvalue weighted by Crippen LogP contribution is 2.23. The number of nitrogen functional groups attached to an aromatic ring is 1. The van der Waals surface area contributed by atoms with Crippen molar-refractivity contribution in [2.24, 2.45) is 0 Å². The molecule has 0 spiro atoms. The molecule has 0 fully saturated rings. The summed E-state index contributed by atoms with van der Waals surface area (Å²) in [5.74, 6) is 0.290. The zero-order valence-corrected chi connectivity index (χ0v) is 8.33. The van der Waals surface area contributed by atoms with Crippen molar-refractivity contribution >= 4 is 11.6 Å². The molecule has 1 aromatic carbocycles. The Bertz CT molecular complexity index is 337. The van der Waals surface area contributed by atoms with Crippen molar-refractivity contribution in [2.45, 2.75) is 6.92 Å². The van der Waals surface area contributed by atoms with Crippen LogP contribution in [0.2, 0.25) is 0 Å². The van der Waals surface area contributed by atoms with E-state index in [1.54, 1.807) is 25.2 Å². The number of carbonyl (C=O) groups excluding carboxylic acids is 1. The first kappa shape index (κ1) is 10.4. The van der Waals surface area contributed by atoms with Gasteiger partial charge in [-0.15, -0.1) is 0 Å². The van der Waals surface area contributed by atoms with E-state index in [1.807, 2.05) is 6.92 Å². The molecule has 0 aliphatic carbocycles. The third kappa shape index (κ3) is 1.96. The number of hydrogen-bond acceptors (Lipinski definition) is 3. The largest absolute Gasteiger partial charge is 0.493 e. The van der Waals surface area contributed by atoms with Gasteiger partial charge in [-0.2, -0.15) is 0 Å². The zero-order chi connectivity index (χ0) is 10.6. The minimum Gasteiger partial charge on any atom is -0.493 e. The summed E-state index contributed by atoms with van der Waals surface area (Å²) < 4.78 is 5.30. The number of carbonyl (C=O) groups is 1. The van der Waals surface area contributed by atoms with Crippen molar-refractivity contribution in [2.75, 3.05) is 19.4 Å². The van der Waals surface area contributed by atoms with Gasteiger partial charge in [-0.1, -0.05) is 6.07 Å². The quantitative estimate of drug-likeness (QED) is 0.706. The molecule has 1 amide bonds. The van der Waals surface area contributed by atoms with Crippen molar-refractivity contribution in [1.82, 2.24) is 5.32 Å². The Morgan fingerprint density at radius 3 is 2.86 bits per heavy atom. The molecule has 14 heavy (non-hydrogen) atoms. The zero-order valence-electron chi connectivity index (χ0n) is 8.33. The first-order valence-electron chi connectivity index (χ1n) is 4.44. The second-order valence-corrected chi connectivity index (χ2v) is 2.73. The highest BCUT2D eigenvalue weighted by Gasteiger charge is 2.13. The van der Waals surface area contributed by atoms with Crippen LogP contribution in [-0.2, 0) is 0 Å². The molecule has 1 rings (SSSR count). The summed E-state index contributed by atoms with van der Waals surface area (Å²) in [4.78, 5) is 11.5. The number of ether oxygens (including phenoxy) is 1. The Hall–Kier alpha value is -1.71. The monoisotopic (exact) mass is 194 g/mol. The molecule has 0 aromatic heterocycles. The molecule has 3 N–H and O–H groups in total. The van der Waals surface area contributed by atoms with Gasteiger partial charge in [0.2, 0.25) is 0 Å². The Balaban J connectivity index is 3.15. The molecule has 1 aromatic rings. The van der Waals surface area contributed by atoms with E-state index < -0.39 is 0 Å². The molecule has 0 aliphatic rings. The average molecular weight is 194 g/mol. The lowest BCUT2D eigenvalue weighted by Crippen LogP contribution is -2.20. The minimum absolute atomic E-state index is 0.230. The molecular formula is C10H14N2O2. The van der Waals surface area contributed by atoms with Gasteiger partial charge in [-0.05, 0) is 19.1 Å². The second kappa shape index (κ2) is 4.50. The third-order valence-corrected chi connectivity index (χ3v) is 1.81. The van der Waals surface area contributed by atoms with Crippen molar-refractivity contribution in [1.29, 1.82) is 0 Å². The van der Waals surface area contributed by atoms with E-state index in [-0.39, 0.29) is 5.91 Å². The predicted molar refractivity (Wildman–Crippen MR) is 55.4 cm³/mol. The molecule has 0 radical (unpaired) electrons. The Kier molecular flexibility index (Phi) is 3.34. The summed E-state index contributed by atoms with van der Waals surface area (Å²) in [6, 6.07) is 5.16. The predicted octanol–water partition coefficient (Wildman–Crippen LogP) is 1.03. The molecule has 4 nitrogen and oxygen atoms in total. The van der Waals surface area contributed by atoms with Crippen LogP contribution in [-0.4, -0.2) is 19.6 Å². The number of amides is 1. The normalized spacial score (nSPS) is 9.57. The first-order valence-corrected chi connectivity index (χ1v) is 4.44. The Morgan fingerprint density at radius 2 is 2.29 bits per heavy atom. The van der Waals surface area contributed by atoms with E-state index in [0.717, 1.165) is 0 Å². The maximum Gasteiger partial charge on any atom is 0.256 e.